The fraction of sp³-hybridized carbons (Fsp3) is 0.320. The summed E-state index contributed by atoms with van der Waals surface area (Å²) in [6.07, 6.45) is -3.51. The number of halogens is 3. The molecule has 2 aromatic carbocycles. The van der Waals surface area contributed by atoms with Crippen LogP contribution in [0.1, 0.15) is 42.0 Å². The first-order chi connectivity index (χ1) is 16.5. The number of rotatable bonds is 4. The minimum atomic E-state index is -4.57. The van der Waals surface area contributed by atoms with Crippen LogP contribution in [0, 0.1) is 19.8 Å². The lowest BCUT2D eigenvalue weighted by molar-refractivity contribution is -0.138. The van der Waals surface area contributed by atoms with Gasteiger partial charge in [-0.05, 0) is 69.0 Å². The lowest BCUT2D eigenvalue weighted by atomic mass is 9.98. The number of hydrogen-bond donors (Lipinski definition) is 3. The smallest absolute Gasteiger partial charge is 0.416 e. The predicted octanol–water partition coefficient (Wildman–Crippen LogP) is 4.34. The summed E-state index contributed by atoms with van der Waals surface area (Å²) in [4.78, 5) is 24.4. The lowest BCUT2D eigenvalue weighted by Crippen LogP contribution is -2.44. The van der Waals surface area contributed by atoms with Crippen LogP contribution in [0.5, 0.6) is 5.88 Å². The largest absolute Gasteiger partial charge is 0.494 e. The van der Waals surface area contributed by atoms with E-state index in [4.69, 9.17) is 0 Å². The van der Waals surface area contributed by atoms with Gasteiger partial charge < -0.3 is 10.4 Å². The Balaban J connectivity index is 1.83. The van der Waals surface area contributed by atoms with Crippen LogP contribution in [0.2, 0.25) is 0 Å². The Kier molecular flexibility index (Phi) is 6.31. The van der Waals surface area contributed by atoms with Crippen molar-refractivity contribution in [3.63, 3.8) is 0 Å². The molecule has 7 nitrogen and oxygen atoms in total. The van der Waals surface area contributed by atoms with E-state index < -0.39 is 23.6 Å². The third-order valence-electron chi connectivity index (χ3n) is 6.03. The van der Waals surface area contributed by atoms with Crippen molar-refractivity contribution in [2.45, 2.75) is 39.8 Å². The van der Waals surface area contributed by atoms with Gasteiger partial charge in [0, 0.05) is 17.6 Å². The molecule has 4 rings (SSSR count). The standard InChI is InChI=1S/C25H25F3N4O3/c1-13-9-14(2)11-17(10-13)32-20-12-16(25(26,27)28)6-7-18(20)21(24(32)35)15(3)30-31-23(34)19-5-4-8-29-22(19)33/h6-7,9-12,19,35H,4-5,8H2,1-3H3,(H,29,33)(H,31,34). The van der Waals surface area contributed by atoms with Gasteiger partial charge in [0.1, 0.15) is 5.92 Å². The van der Waals surface area contributed by atoms with Crippen molar-refractivity contribution in [3.8, 4) is 11.6 Å². The Morgan fingerprint density at radius 3 is 2.49 bits per heavy atom. The van der Waals surface area contributed by atoms with Crippen molar-refractivity contribution >= 4 is 28.4 Å². The molecule has 2 amide bonds. The van der Waals surface area contributed by atoms with Crippen LogP contribution in [0.3, 0.4) is 0 Å². The molecule has 2 heterocycles. The number of hydrogen-bond acceptors (Lipinski definition) is 4. The van der Waals surface area contributed by atoms with Gasteiger partial charge in [-0.2, -0.15) is 18.3 Å². The van der Waals surface area contributed by atoms with Gasteiger partial charge in [-0.15, -0.1) is 0 Å². The van der Waals surface area contributed by atoms with Crippen molar-refractivity contribution in [1.82, 2.24) is 15.3 Å². The summed E-state index contributed by atoms with van der Waals surface area (Å²) < 4.78 is 41.8. The van der Waals surface area contributed by atoms with E-state index in [1.165, 1.54) is 17.6 Å². The zero-order valence-electron chi connectivity index (χ0n) is 19.5. The van der Waals surface area contributed by atoms with Gasteiger partial charge >= 0.3 is 6.18 Å². The second-order valence-electron chi connectivity index (χ2n) is 8.77. The van der Waals surface area contributed by atoms with Crippen LogP contribution >= 0.6 is 0 Å². The molecule has 35 heavy (non-hydrogen) atoms. The number of aromatic nitrogens is 1. The summed E-state index contributed by atoms with van der Waals surface area (Å²) in [5, 5.41) is 18.2. The van der Waals surface area contributed by atoms with Crippen molar-refractivity contribution in [2.75, 3.05) is 6.54 Å². The normalized spacial score (nSPS) is 16.9. The molecule has 0 spiro atoms. The number of hydrazone groups is 1. The van der Waals surface area contributed by atoms with Crippen LogP contribution in [-0.2, 0) is 15.8 Å². The third kappa shape index (κ3) is 4.73. The molecule has 0 aliphatic carbocycles. The number of amides is 2. The van der Waals surface area contributed by atoms with Crippen LogP contribution < -0.4 is 10.7 Å². The van der Waals surface area contributed by atoms with Crippen molar-refractivity contribution in [3.05, 3.63) is 58.7 Å². The molecule has 1 saturated heterocycles. The third-order valence-corrected chi connectivity index (χ3v) is 6.03. The van der Waals surface area contributed by atoms with E-state index >= 15 is 0 Å². The number of carbonyl (C=O) groups is 2. The number of piperidine rings is 1. The number of nitrogens with zero attached hydrogens (tertiary/aromatic N) is 2. The molecule has 0 saturated carbocycles. The van der Waals surface area contributed by atoms with E-state index in [9.17, 15) is 27.9 Å². The summed E-state index contributed by atoms with van der Waals surface area (Å²) in [5.41, 5.74) is 4.25. The number of benzene rings is 2. The molecule has 1 unspecified atom stereocenters. The molecular weight excluding hydrogens is 461 g/mol. The molecule has 1 aromatic heterocycles. The molecule has 1 fully saturated rings. The Labute approximate surface area is 199 Å². The summed E-state index contributed by atoms with van der Waals surface area (Å²) in [5.74, 6) is -2.15. The summed E-state index contributed by atoms with van der Waals surface area (Å²) >= 11 is 0. The van der Waals surface area contributed by atoms with E-state index in [2.05, 4.69) is 15.8 Å². The van der Waals surface area contributed by atoms with Gasteiger partial charge in [-0.3, -0.25) is 14.2 Å². The monoisotopic (exact) mass is 486 g/mol. The molecular formula is C25H25F3N4O3. The highest BCUT2D eigenvalue weighted by atomic mass is 19.4. The first-order valence-corrected chi connectivity index (χ1v) is 11.1. The zero-order chi connectivity index (χ0) is 25.5. The zero-order valence-corrected chi connectivity index (χ0v) is 19.5. The molecule has 10 heteroatoms. The Morgan fingerprint density at radius 1 is 1.17 bits per heavy atom. The van der Waals surface area contributed by atoms with Crippen LogP contribution in [-0.4, -0.2) is 33.7 Å². The second kappa shape index (κ2) is 9.09. The molecule has 0 radical (unpaired) electrons. The quantitative estimate of drug-likeness (QED) is 0.291. The maximum absolute atomic E-state index is 13.5. The van der Waals surface area contributed by atoms with Crippen molar-refractivity contribution in [1.29, 1.82) is 0 Å². The average molecular weight is 486 g/mol. The number of fused-ring (bicyclic) bond motifs is 1. The number of nitrogens with one attached hydrogen (secondary N) is 2. The summed E-state index contributed by atoms with van der Waals surface area (Å²) in [7, 11) is 0. The number of aryl methyl sites for hydroxylation is 2. The predicted molar refractivity (Wildman–Crippen MR) is 126 cm³/mol. The highest BCUT2D eigenvalue weighted by molar-refractivity contribution is 6.13. The van der Waals surface area contributed by atoms with Gasteiger partial charge in [0.25, 0.3) is 5.91 Å². The lowest BCUT2D eigenvalue weighted by Gasteiger charge is -2.19. The van der Waals surface area contributed by atoms with Crippen LogP contribution in [0.25, 0.3) is 16.6 Å². The topological polar surface area (TPSA) is 95.7 Å². The molecule has 3 aromatic rings. The number of alkyl halides is 3. The number of carbonyl (C=O) groups excluding carboxylic acids is 2. The van der Waals surface area contributed by atoms with E-state index in [0.717, 1.165) is 23.3 Å². The fourth-order valence-electron chi connectivity index (χ4n) is 4.44. The maximum atomic E-state index is 13.5. The first kappa shape index (κ1) is 24.3. The van der Waals surface area contributed by atoms with Crippen molar-refractivity contribution in [2.24, 2.45) is 11.0 Å². The fourth-order valence-corrected chi connectivity index (χ4v) is 4.44. The average Bonchev–Trinajstić information content (AvgIpc) is 3.07. The molecule has 1 aliphatic heterocycles. The molecule has 1 atom stereocenters. The van der Waals surface area contributed by atoms with Gasteiger partial charge in [-0.25, -0.2) is 5.43 Å². The second-order valence-corrected chi connectivity index (χ2v) is 8.77. The first-order valence-electron chi connectivity index (χ1n) is 11.1. The van der Waals surface area contributed by atoms with Gasteiger partial charge in [0.05, 0.1) is 22.4 Å². The summed E-state index contributed by atoms with van der Waals surface area (Å²) in [6.45, 7) is 5.74. The molecule has 184 valence electrons. The van der Waals surface area contributed by atoms with E-state index in [1.54, 1.807) is 12.1 Å². The van der Waals surface area contributed by atoms with Gasteiger partial charge in [0.2, 0.25) is 11.8 Å². The molecule has 3 N–H and O–H groups in total. The Hall–Kier alpha value is -3.82. The van der Waals surface area contributed by atoms with Gasteiger partial charge in [-0.1, -0.05) is 12.1 Å². The van der Waals surface area contributed by atoms with Crippen molar-refractivity contribution < 1.29 is 27.9 Å². The van der Waals surface area contributed by atoms with E-state index in [1.807, 2.05) is 19.9 Å². The summed E-state index contributed by atoms with van der Waals surface area (Å²) in [6, 6.07) is 8.63. The van der Waals surface area contributed by atoms with Gasteiger partial charge in [0.15, 0.2) is 0 Å². The minimum Gasteiger partial charge on any atom is -0.494 e. The highest BCUT2D eigenvalue weighted by Gasteiger charge is 2.32. The SMILES string of the molecule is CC(=NNC(=O)C1CCCNC1=O)c1c(O)n(-c2cc(C)cc(C)c2)c2cc(C(F)(F)F)ccc12. The van der Waals surface area contributed by atoms with Crippen LogP contribution in [0.15, 0.2) is 41.5 Å². The maximum Gasteiger partial charge on any atom is 0.416 e. The Bertz CT molecular complexity index is 1340. The Morgan fingerprint density at radius 2 is 1.86 bits per heavy atom. The van der Waals surface area contributed by atoms with E-state index in [-0.39, 0.29) is 28.6 Å². The molecule has 1 aliphatic rings. The van der Waals surface area contributed by atoms with E-state index in [0.29, 0.717) is 30.5 Å². The number of aromatic hydroxyl groups is 1. The minimum absolute atomic E-state index is 0.143. The molecule has 0 bridgehead atoms. The highest BCUT2D eigenvalue weighted by Crippen LogP contribution is 2.39. The van der Waals surface area contributed by atoms with Crippen LogP contribution in [0.4, 0.5) is 13.2 Å².